The fourth-order valence-corrected chi connectivity index (χ4v) is 2.53. The number of rotatable bonds is 3. The van der Waals surface area contributed by atoms with Gasteiger partial charge in [-0.15, -0.1) is 0 Å². The first-order chi connectivity index (χ1) is 11.5. The molecule has 0 atom stereocenters. The van der Waals surface area contributed by atoms with Crippen molar-refractivity contribution in [1.82, 2.24) is 0 Å². The van der Waals surface area contributed by atoms with Crippen molar-refractivity contribution in [2.24, 2.45) is 0 Å². The van der Waals surface area contributed by atoms with Crippen molar-refractivity contribution in [2.75, 3.05) is 17.2 Å². The van der Waals surface area contributed by atoms with Gasteiger partial charge in [-0.05, 0) is 35.9 Å². The van der Waals surface area contributed by atoms with Crippen LogP contribution in [0.2, 0.25) is 10.0 Å². The van der Waals surface area contributed by atoms with Gasteiger partial charge in [0.25, 0.3) is 5.91 Å². The van der Waals surface area contributed by atoms with Gasteiger partial charge in [0.15, 0.2) is 6.61 Å². The lowest BCUT2D eigenvalue weighted by molar-refractivity contribution is -0.118. The zero-order chi connectivity index (χ0) is 17.1. The van der Waals surface area contributed by atoms with Crippen molar-refractivity contribution in [1.29, 1.82) is 0 Å². The molecule has 24 heavy (non-hydrogen) atoms. The molecule has 2 aromatic carbocycles. The second-order valence-corrected chi connectivity index (χ2v) is 5.80. The van der Waals surface area contributed by atoms with Crippen molar-refractivity contribution >= 4 is 52.5 Å². The highest BCUT2D eigenvalue weighted by atomic mass is 35.5. The monoisotopic (exact) mass is 362 g/mol. The molecule has 2 N–H and O–H groups in total. The summed E-state index contributed by atoms with van der Waals surface area (Å²) < 4.78 is 5.26. The van der Waals surface area contributed by atoms with Gasteiger partial charge in [0.05, 0.1) is 15.7 Å². The van der Waals surface area contributed by atoms with Gasteiger partial charge in [0.2, 0.25) is 5.91 Å². The van der Waals surface area contributed by atoms with Gasteiger partial charge in [0.1, 0.15) is 5.75 Å². The third-order valence-electron chi connectivity index (χ3n) is 3.28. The van der Waals surface area contributed by atoms with E-state index in [1.54, 1.807) is 42.5 Å². The minimum absolute atomic E-state index is 0.0121. The smallest absolute Gasteiger partial charge is 0.262 e. The third-order valence-corrected chi connectivity index (χ3v) is 4.11. The highest BCUT2D eigenvalue weighted by Gasteiger charge is 2.16. The molecule has 0 bridgehead atoms. The summed E-state index contributed by atoms with van der Waals surface area (Å²) in [5.74, 6) is -0.00985. The van der Waals surface area contributed by atoms with E-state index in [0.717, 1.165) is 0 Å². The molecule has 0 radical (unpaired) electrons. The van der Waals surface area contributed by atoms with Crippen molar-refractivity contribution in [3.63, 3.8) is 0 Å². The van der Waals surface area contributed by atoms with E-state index in [9.17, 15) is 9.59 Å². The highest BCUT2D eigenvalue weighted by Crippen LogP contribution is 2.30. The third kappa shape index (κ3) is 3.69. The predicted molar refractivity (Wildman–Crippen MR) is 94.7 cm³/mol. The van der Waals surface area contributed by atoms with Gasteiger partial charge in [-0.2, -0.15) is 0 Å². The van der Waals surface area contributed by atoms with Crippen LogP contribution in [0.25, 0.3) is 6.08 Å². The second-order valence-electron chi connectivity index (χ2n) is 5.01. The predicted octanol–water partition coefficient (Wildman–Crippen LogP) is 3.98. The molecule has 1 aliphatic rings. The van der Waals surface area contributed by atoms with Crippen molar-refractivity contribution in [2.45, 2.75) is 0 Å². The molecule has 2 aromatic rings. The number of benzene rings is 2. The number of halogens is 2. The van der Waals surface area contributed by atoms with Crippen molar-refractivity contribution in [3.05, 3.63) is 58.1 Å². The normalized spacial score (nSPS) is 13.2. The quantitative estimate of drug-likeness (QED) is 0.811. The van der Waals surface area contributed by atoms with Gasteiger partial charge >= 0.3 is 0 Å². The van der Waals surface area contributed by atoms with E-state index in [4.69, 9.17) is 27.9 Å². The average molecular weight is 363 g/mol. The fourth-order valence-electron chi connectivity index (χ4n) is 2.16. The maximum Gasteiger partial charge on any atom is 0.262 e. The number of carbonyl (C=O) groups excluding carboxylic acids is 2. The number of ether oxygens (including phenoxy) is 1. The molecule has 5 nitrogen and oxygen atoms in total. The van der Waals surface area contributed by atoms with Gasteiger partial charge in [-0.3, -0.25) is 9.59 Å². The lowest BCUT2D eigenvalue weighted by atomic mass is 10.2. The lowest BCUT2D eigenvalue weighted by Crippen LogP contribution is -2.25. The van der Waals surface area contributed by atoms with Crippen LogP contribution in [0.1, 0.15) is 5.56 Å². The minimum atomic E-state index is -0.339. The SMILES string of the molecule is O=C(/C=C/c1cccc(Cl)c1Cl)Nc1ccc2c(c1)NC(=O)CO2. The Balaban J connectivity index is 1.71. The highest BCUT2D eigenvalue weighted by molar-refractivity contribution is 6.42. The number of amides is 2. The van der Waals surface area contributed by atoms with Crippen LogP contribution >= 0.6 is 23.2 Å². The average Bonchev–Trinajstić information content (AvgIpc) is 2.56. The van der Waals surface area contributed by atoms with Crippen LogP contribution in [0, 0.1) is 0 Å². The van der Waals surface area contributed by atoms with Gasteiger partial charge in [0, 0.05) is 11.8 Å². The van der Waals surface area contributed by atoms with E-state index < -0.39 is 0 Å². The summed E-state index contributed by atoms with van der Waals surface area (Å²) in [6.45, 7) is -0.0121. The van der Waals surface area contributed by atoms with E-state index in [-0.39, 0.29) is 18.4 Å². The number of carbonyl (C=O) groups is 2. The van der Waals surface area contributed by atoms with Crippen LogP contribution in [0.5, 0.6) is 5.75 Å². The van der Waals surface area contributed by atoms with Crippen LogP contribution < -0.4 is 15.4 Å². The number of anilines is 2. The molecule has 0 fully saturated rings. The summed E-state index contributed by atoms with van der Waals surface area (Å²) in [5, 5.41) is 6.19. The summed E-state index contributed by atoms with van der Waals surface area (Å²) in [7, 11) is 0. The molecule has 1 aliphatic heterocycles. The molecule has 0 unspecified atom stereocenters. The number of fused-ring (bicyclic) bond motifs is 1. The van der Waals surface area contributed by atoms with Crippen LogP contribution in [0.15, 0.2) is 42.5 Å². The number of nitrogens with one attached hydrogen (secondary N) is 2. The molecule has 1 heterocycles. The van der Waals surface area contributed by atoms with E-state index in [1.807, 2.05) is 0 Å². The first-order valence-electron chi connectivity index (χ1n) is 7.03. The Morgan fingerprint density at radius 1 is 1.25 bits per heavy atom. The minimum Gasteiger partial charge on any atom is -0.482 e. The Labute approximate surface area is 148 Å². The molecular formula is C17H12Cl2N2O3. The molecule has 122 valence electrons. The van der Waals surface area contributed by atoms with Crippen molar-refractivity contribution in [3.8, 4) is 5.75 Å². The molecule has 0 saturated heterocycles. The Hall–Kier alpha value is -2.50. The molecular weight excluding hydrogens is 351 g/mol. The van der Waals surface area contributed by atoms with E-state index >= 15 is 0 Å². The van der Waals surface area contributed by atoms with Gasteiger partial charge < -0.3 is 15.4 Å². The topological polar surface area (TPSA) is 67.4 Å². The zero-order valence-corrected chi connectivity index (χ0v) is 13.8. The summed E-state index contributed by atoms with van der Waals surface area (Å²) >= 11 is 12.0. The summed E-state index contributed by atoms with van der Waals surface area (Å²) in [6, 6.07) is 10.2. The second kappa shape index (κ2) is 6.95. The summed E-state index contributed by atoms with van der Waals surface area (Å²) in [5.41, 5.74) is 1.70. The zero-order valence-electron chi connectivity index (χ0n) is 12.3. The Kier molecular flexibility index (Phi) is 4.74. The Morgan fingerprint density at radius 2 is 2.08 bits per heavy atom. The Morgan fingerprint density at radius 3 is 2.92 bits per heavy atom. The molecule has 0 aliphatic carbocycles. The standard InChI is InChI=1S/C17H12Cl2N2O3/c18-12-3-1-2-10(17(12)19)4-7-15(22)20-11-5-6-14-13(8-11)21-16(23)9-24-14/h1-8H,9H2,(H,20,22)(H,21,23)/b7-4+. The number of hydrogen-bond acceptors (Lipinski definition) is 3. The summed E-state index contributed by atoms with van der Waals surface area (Å²) in [6.07, 6.45) is 2.93. The van der Waals surface area contributed by atoms with E-state index in [2.05, 4.69) is 10.6 Å². The largest absolute Gasteiger partial charge is 0.482 e. The lowest BCUT2D eigenvalue weighted by Gasteiger charge is -2.18. The van der Waals surface area contributed by atoms with Gasteiger partial charge in [-0.25, -0.2) is 0 Å². The molecule has 0 saturated carbocycles. The molecule has 0 aromatic heterocycles. The fraction of sp³-hybridized carbons (Fsp3) is 0.0588. The summed E-state index contributed by atoms with van der Waals surface area (Å²) in [4.78, 5) is 23.3. The van der Waals surface area contributed by atoms with Crippen molar-refractivity contribution < 1.29 is 14.3 Å². The van der Waals surface area contributed by atoms with Crippen LogP contribution in [0.4, 0.5) is 11.4 Å². The molecule has 0 spiro atoms. The number of hydrogen-bond donors (Lipinski definition) is 2. The Bertz CT molecular complexity index is 850. The first-order valence-corrected chi connectivity index (χ1v) is 7.78. The maximum absolute atomic E-state index is 12.0. The van der Waals surface area contributed by atoms with E-state index in [0.29, 0.717) is 32.7 Å². The van der Waals surface area contributed by atoms with E-state index in [1.165, 1.54) is 6.08 Å². The first kappa shape index (κ1) is 16.4. The van der Waals surface area contributed by atoms with Crippen LogP contribution in [-0.4, -0.2) is 18.4 Å². The van der Waals surface area contributed by atoms with Crippen LogP contribution in [0.3, 0.4) is 0 Å². The van der Waals surface area contributed by atoms with Crippen LogP contribution in [-0.2, 0) is 9.59 Å². The molecule has 7 heteroatoms. The maximum atomic E-state index is 12.0. The molecule has 2 amide bonds. The molecule has 3 rings (SSSR count). The van der Waals surface area contributed by atoms with Gasteiger partial charge in [-0.1, -0.05) is 35.3 Å².